The molecule has 0 aliphatic heterocycles. The molecule has 21 heavy (non-hydrogen) atoms. The lowest BCUT2D eigenvalue weighted by Gasteiger charge is -2.25. The number of anilines is 2. The third-order valence-corrected chi connectivity index (χ3v) is 2.91. The Balaban J connectivity index is 3.18. The first-order valence-electron chi connectivity index (χ1n) is 6.69. The van der Waals surface area contributed by atoms with E-state index in [9.17, 15) is 9.59 Å². The van der Waals surface area contributed by atoms with Gasteiger partial charge in [-0.3, -0.25) is 4.79 Å². The molecule has 1 aromatic heterocycles. The van der Waals surface area contributed by atoms with E-state index in [1.807, 2.05) is 6.92 Å². The number of nitrogens with two attached hydrogens (primary N) is 1. The number of methoxy groups -OCH3 is 1. The van der Waals surface area contributed by atoms with Gasteiger partial charge < -0.3 is 20.3 Å². The van der Waals surface area contributed by atoms with Gasteiger partial charge >= 0.3 is 5.97 Å². The van der Waals surface area contributed by atoms with Crippen LogP contribution in [0.4, 0.5) is 11.5 Å². The summed E-state index contributed by atoms with van der Waals surface area (Å²) in [6.07, 6.45) is 2.28. The number of hydrogen-bond acceptors (Lipinski definition) is 6. The van der Waals surface area contributed by atoms with Crippen molar-refractivity contribution in [1.29, 1.82) is 0 Å². The van der Waals surface area contributed by atoms with Crippen LogP contribution in [0.25, 0.3) is 0 Å². The monoisotopic (exact) mass is 294 g/mol. The summed E-state index contributed by atoms with van der Waals surface area (Å²) in [7, 11) is 4.67. The van der Waals surface area contributed by atoms with Crippen molar-refractivity contribution in [2.24, 2.45) is 0 Å². The molecule has 0 aliphatic rings. The molecule has 116 valence electrons. The third kappa shape index (κ3) is 4.34. The van der Waals surface area contributed by atoms with Gasteiger partial charge in [0.05, 0.1) is 25.5 Å². The van der Waals surface area contributed by atoms with E-state index in [4.69, 9.17) is 10.5 Å². The summed E-state index contributed by atoms with van der Waals surface area (Å²) in [6, 6.07) is 1.51. The highest BCUT2D eigenvalue weighted by molar-refractivity contribution is 5.96. The Morgan fingerprint density at radius 1 is 1.38 bits per heavy atom. The number of aromatic nitrogens is 1. The normalized spacial score (nSPS) is 10.1. The smallest absolute Gasteiger partial charge is 0.341 e. The minimum Gasteiger partial charge on any atom is -0.465 e. The number of carbonyl (C=O) groups excluding carboxylic acids is 2. The summed E-state index contributed by atoms with van der Waals surface area (Å²) in [4.78, 5) is 31.3. The standard InChI is InChI=1S/C14H22N4O3/c1-5-6-18(9-12(19)17(2)3)13-11(14(20)21-4)7-10(15)8-16-13/h7-8H,5-6,9,15H2,1-4H3. The molecule has 1 aromatic rings. The summed E-state index contributed by atoms with van der Waals surface area (Å²) < 4.78 is 4.76. The summed E-state index contributed by atoms with van der Waals surface area (Å²) in [5.74, 6) is -0.186. The zero-order valence-corrected chi connectivity index (χ0v) is 12.9. The number of amides is 1. The quantitative estimate of drug-likeness (QED) is 0.779. The summed E-state index contributed by atoms with van der Waals surface area (Å²) in [5.41, 5.74) is 6.31. The second-order valence-corrected chi connectivity index (χ2v) is 4.84. The van der Waals surface area contributed by atoms with Gasteiger partial charge in [0.1, 0.15) is 11.4 Å². The number of carbonyl (C=O) groups is 2. The minimum atomic E-state index is -0.525. The van der Waals surface area contributed by atoms with E-state index in [2.05, 4.69) is 4.98 Å². The van der Waals surface area contributed by atoms with E-state index < -0.39 is 5.97 Å². The van der Waals surface area contributed by atoms with Crippen LogP contribution in [0.5, 0.6) is 0 Å². The van der Waals surface area contributed by atoms with Crippen LogP contribution in [0.1, 0.15) is 23.7 Å². The Labute approximate surface area is 124 Å². The lowest BCUT2D eigenvalue weighted by molar-refractivity contribution is -0.127. The first-order valence-corrected chi connectivity index (χ1v) is 6.69. The van der Waals surface area contributed by atoms with Crippen molar-refractivity contribution >= 4 is 23.4 Å². The van der Waals surface area contributed by atoms with Gasteiger partial charge in [0.2, 0.25) is 5.91 Å². The van der Waals surface area contributed by atoms with Crippen molar-refractivity contribution < 1.29 is 14.3 Å². The van der Waals surface area contributed by atoms with Crippen molar-refractivity contribution in [2.45, 2.75) is 13.3 Å². The zero-order valence-electron chi connectivity index (χ0n) is 12.9. The van der Waals surface area contributed by atoms with E-state index >= 15 is 0 Å². The zero-order chi connectivity index (χ0) is 16.0. The van der Waals surface area contributed by atoms with Crippen LogP contribution in [0, 0.1) is 0 Å². The molecular formula is C14H22N4O3. The maximum atomic E-state index is 11.9. The van der Waals surface area contributed by atoms with Crippen LogP contribution >= 0.6 is 0 Å². The Bertz CT molecular complexity index is 517. The van der Waals surface area contributed by atoms with Gasteiger partial charge in [-0.25, -0.2) is 9.78 Å². The fraction of sp³-hybridized carbons (Fsp3) is 0.500. The molecule has 1 heterocycles. The summed E-state index contributed by atoms with van der Waals surface area (Å²) >= 11 is 0. The molecule has 0 spiro atoms. The van der Waals surface area contributed by atoms with Crippen LogP contribution in [0.15, 0.2) is 12.3 Å². The van der Waals surface area contributed by atoms with E-state index in [-0.39, 0.29) is 18.0 Å². The van der Waals surface area contributed by atoms with Crippen molar-refractivity contribution in [2.75, 3.05) is 44.9 Å². The number of nitrogens with zero attached hydrogens (tertiary/aromatic N) is 3. The predicted molar refractivity (Wildman–Crippen MR) is 81.2 cm³/mol. The largest absolute Gasteiger partial charge is 0.465 e. The fourth-order valence-corrected chi connectivity index (χ4v) is 1.82. The number of hydrogen-bond donors (Lipinski definition) is 1. The van der Waals surface area contributed by atoms with Gasteiger partial charge in [-0.05, 0) is 12.5 Å². The highest BCUT2D eigenvalue weighted by atomic mass is 16.5. The lowest BCUT2D eigenvalue weighted by atomic mass is 10.2. The number of nitrogen functional groups attached to an aromatic ring is 1. The van der Waals surface area contributed by atoms with E-state index in [0.29, 0.717) is 18.1 Å². The van der Waals surface area contributed by atoms with Crippen molar-refractivity contribution in [3.05, 3.63) is 17.8 Å². The number of esters is 1. The molecular weight excluding hydrogens is 272 g/mol. The molecule has 0 saturated heterocycles. The molecule has 1 rings (SSSR count). The second kappa shape index (κ2) is 7.47. The SMILES string of the molecule is CCCN(CC(=O)N(C)C)c1ncc(N)cc1C(=O)OC. The molecule has 1 amide bonds. The maximum absolute atomic E-state index is 11.9. The lowest BCUT2D eigenvalue weighted by Crippen LogP contribution is -2.38. The molecule has 0 radical (unpaired) electrons. The van der Waals surface area contributed by atoms with Gasteiger partial charge in [-0.15, -0.1) is 0 Å². The van der Waals surface area contributed by atoms with Crippen LogP contribution in [-0.4, -0.2) is 56.1 Å². The average molecular weight is 294 g/mol. The van der Waals surface area contributed by atoms with E-state index in [0.717, 1.165) is 6.42 Å². The Morgan fingerprint density at radius 2 is 2.05 bits per heavy atom. The average Bonchev–Trinajstić information content (AvgIpc) is 2.45. The third-order valence-electron chi connectivity index (χ3n) is 2.91. The van der Waals surface area contributed by atoms with Gasteiger partial charge in [-0.1, -0.05) is 6.92 Å². The molecule has 0 bridgehead atoms. The van der Waals surface area contributed by atoms with Crippen LogP contribution in [0.2, 0.25) is 0 Å². The second-order valence-electron chi connectivity index (χ2n) is 4.84. The molecule has 2 N–H and O–H groups in total. The highest BCUT2D eigenvalue weighted by Gasteiger charge is 2.21. The molecule has 0 atom stereocenters. The van der Waals surface area contributed by atoms with E-state index in [1.165, 1.54) is 24.3 Å². The Hall–Kier alpha value is -2.31. The molecule has 7 nitrogen and oxygen atoms in total. The van der Waals surface area contributed by atoms with Gasteiger partial charge in [0.25, 0.3) is 0 Å². The van der Waals surface area contributed by atoms with Crippen LogP contribution in [0.3, 0.4) is 0 Å². The molecule has 0 unspecified atom stereocenters. The number of pyridine rings is 1. The molecule has 0 saturated carbocycles. The highest BCUT2D eigenvalue weighted by Crippen LogP contribution is 2.21. The Morgan fingerprint density at radius 3 is 2.57 bits per heavy atom. The number of ether oxygens (including phenoxy) is 1. The summed E-state index contributed by atoms with van der Waals surface area (Å²) in [6.45, 7) is 2.73. The van der Waals surface area contributed by atoms with Crippen LogP contribution in [-0.2, 0) is 9.53 Å². The number of rotatable bonds is 6. The van der Waals surface area contributed by atoms with Gasteiger partial charge in [0, 0.05) is 20.6 Å². The van der Waals surface area contributed by atoms with Crippen LogP contribution < -0.4 is 10.6 Å². The molecule has 0 aliphatic carbocycles. The van der Waals surface area contributed by atoms with Gasteiger partial charge in [-0.2, -0.15) is 0 Å². The first-order chi connectivity index (χ1) is 9.90. The summed E-state index contributed by atoms with van der Waals surface area (Å²) in [5, 5.41) is 0. The molecule has 0 aromatic carbocycles. The first kappa shape index (κ1) is 16.7. The van der Waals surface area contributed by atoms with Crippen molar-refractivity contribution in [3.63, 3.8) is 0 Å². The topological polar surface area (TPSA) is 88.8 Å². The Kier molecular flexibility index (Phi) is 5.95. The minimum absolute atomic E-state index is 0.0714. The molecule has 7 heteroatoms. The molecule has 0 fully saturated rings. The maximum Gasteiger partial charge on any atom is 0.341 e. The van der Waals surface area contributed by atoms with Crippen molar-refractivity contribution in [1.82, 2.24) is 9.88 Å². The fourth-order valence-electron chi connectivity index (χ4n) is 1.82. The van der Waals surface area contributed by atoms with Crippen molar-refractivity contribution in [3.8, 4) is 0 Å². The predicted octanol–water partition coefficient (Wildman–Crippen LogP) is 0.755. The van der Waals surface area contributed by atoms with Gasteiger partial charge in [0.15, 0.2) is 0 Å². The van der Waals surface area contributed by atoms with E-state index in [1.54, 1.807) is 19.0 Å². The number of likely N-dealkylation sites (N-methyl/N-ethyl adjacent to an activating group) is 1.